The Morgan fingerprint density at radius 3 is 2.68 bits per heavy atom. The predicted octanol–water partition coefficient (Wildman–Crippen LogP) is 3.29. The first kappa shape index (κ1) is 14.6. The zero-order valence-corrected chi connectivity index (χ0v) is 12.8. The van der Waals surface area contributed by atoms with E-state index in [1.165, 1.54) is 43.5 Å². The van der Waals surface area contributed by atoms with E-state index in [0.717, 1.165) is 31.3 Å². The maximum Gasteiger partial charge on any atom is 0.0625 e. The first-order valence-electron chi connectivity index (χ1n) is 7.91. The largest absolute Gasteiger partial charge is 0.311 e. The van der Waals surface area contributed by atoms with E-state index in [1.54, 1.807) is 0 Å². The molecule has 3 nitrogen and oxygen atoms in total. The van der Waals surface area contributed by atoms with Gasteiger partial charge in [0.2, 0.25) is 0 Å². The topological polar surface area (TPSA) is 29.9 Å². The second-order valence-electron chi connectivity index (χ2n) is 6.20. The number of nitrogens with one attached hydrogen (secondary N) is 1. The molecular weight excluding hydrogens is 234 g/mol. The van der Waals surface area contributed by atoms with Gasteiger partial charge in [-0.1, -0.05) is 39.5 Å². The smallest absolute Gasteiger partial charge is 0.0625 e. The average molecular weight is 263 g/mol. The fourth-order valence-electron chi connectivity index (χ4n) is 3.05. The van der Waals surface area contributed by atoms with E-state index in [0.29, 0.717) is 0 Å². The molecule has 1 aliphatic rings. The molecule has 1 heterocycles. The standard InChI is InChI=1S/C16H29N3/c1-4-15-11-16(19(3)18-15)12-17-10-9-14-7-5-13(2)6-8-14/h11,13-14,17H,4-10,12H2,1-3H3. The van der Waals surface area contributed by atoms with Crippen LogP contribution in [-0.4, -0.2) is 16.3 Å². The van der Waals surface area contributed by atoms with Crippen LogP contribution < -0.4 is 5.32 Å². The van der Waals surface area contributed by atoms with Gasteiger partial charge in [-0.25, -0.2) is 0 Å². The molecule has 0 unspecified atom stereocenters. The number of aromatic nitrogens is 2. The molecule has 0 saturated heterocycles. The average Bonchev–Trinajstić information content (AvgIpc) is 2.77. The van der Waals surface area contributed by atoms with Crippen molar-refractivity contribution >= 4 is 0 Å². The van der Waals surface area contributed by atoms with Gasteiger partial charge in [-0.3, -0.25) is 4.68 Å². The van der Waals surface area contributed by atoms with Crippen LogP contribution in [0.3, 0.4) is 0 Å². The molecule has 19 heavy (non-hydrogen) atoms. The van der Waals surface area contributed by atoms with Crippen LogP contribution in [0.2, 0.25) is 0 Å². The maximum absolute atomic E-state index is 4.48. The molecule has 0 spiro atoms. The van der Waals surface area contributed by atoms with Gasteiger partial charge in [-0.15, -0.1) is 0 Å². The van der Waals surface area contributed by atoms with Crippen molar-refractivity contribution in [1.82, 2.24) is 15.1 Å². The first-order chi connectivity index (χ1) is 9.19. The van der Waals surface area contributed by atoms with Crippen molar-refractivity contribution in [2.45, 2.75) is 58.9 Å². The molecule has 0 aliphatic heterocycles. The second kappa shape index (κ2) is 7.09. The zero-order valence-electron chi connectivity index (χ0n) is 12.8. The highest BCUT2D eigenvalue weighted by Gasteiger charge is 2.17. The lowest BCUT2D eigenvalue weighted by atomic mass is 9.81. The summed E-state index contributed by atoms with van der Waals surface area (Å²) >= 11 is 0. The lowest BCUT2D eigenvalue weighted by Gasteiger charge is -2.26. The van der Waals surface area contributed by atoms with Crippen molar-refractivity contribution in [3.8, 4) is 0 Å². The zero-order chi connectivity index (χ0) is 13.7. The van der Waals surface area contributed by atoms with Gasteiger partial charge in [0.25, 0.3) is 0 Å². The lowest BCUT2D eigenvalue weighted by molar-refractivity contribution is 0.275. The second-order valence-corrected chi connectivity index (χ2v) is 6.20. The van der Waals surface area contributed by atoms with Crippen LogP contribution in [0.4, 0.5) is 0 Å². The minimum absolute atomic E-state index is 0.951. The molecular formula is C16H29N3. The Kier molecular flexibility index (Phi) is 5.44. The number of rotatable bonds is 6. The summed E-state index contributed by atoms with van der Waals surface area (Å²) in [6, 6.07) is 2.22. The van der Waals surface area contributed by atoms with E-state index in [9.17, 15) is 0 Å². The van der Waals surface area contributed by atoms with E-state index in [-0.39, 0.29) is 0 Å². The summed E-state index contributed by atoms with van der Waals surface area (Å²) in [5.74, 6) is 1.92. The minimum atomic E-state index is 0.951. The first-order valence-corrected chi connectivity index (χ1v) is 7.91. The summed E-state index contributed by atoms with van der Waals surface area (Å²) in [4.78, 5) is 0. The van der Waals surface area contributed by atoms with Crippen LogP contribution in [0.25, 0.3) is 0 Å². The summed E-state index contributed by atoms with van der Waals surface area (Å²) in [6.45, 7) is 6.64. The normalized spacial score (nSPS) is 23.7. The molecule has 0 bridgehead atoms. The van der Waals surface area contributed by atoms with Gasteiger partial charge in [0.15, 0.2) is 0 Å². The van der Waals surface area contributed by atoms with Crippen molar-refractivity contribution in [3.63, 3.8) is 0 Å². The van der Waals surface area contributed by atoms with E-state index in [2.05, 4.69) is 30.3 Å². The molecule has 1 N–H and O–H groups in total. The third kappa shape index (κ3) is 4.34. The van der Waals surface area contributed by atoms with Gasteiger partial charge in [0, 0.05) is 13.6 Å². The monoisotopic (exact) mass is 263 g/mol. The van der Waals surface area contributed by atoms with Crippen LogP contribution >= 0.6 is 0 Å². The van der Waals surface area contributed by atoms with Gasteiger partial charge >= 0.3 is 0 Å². The number of hydrogen-bond donors (Lipinski definition) is 1. The highest BCUT2D eigenvalue weighted by atomic mass is 15.3. The van der Waals surface area contributed by atoms with Crippen molar-refractivity contribution in [3.05, 3.63) is 17.5 Å². The van der Waals surface area contributed by atoms with E-state index in [1.807, 2.05) is 11.7 Å². The molecule has 2 rings (SSSR count). The van der Waals surface area contributed by atoms with Crippen LogP contribution in [0.1, 0.15) is 57.3 Å². The fourth-order valence-corrected chi connectivity index (χ4v) is 3.05. The Labute approximate surface area is 117 Å². The maximum atomic E-state index is 4.48. The van der Waals surface area contributed by atoms with Gasteiger partial charge in [0.1, 0.15) is 0 Å². The number of nitrogens with zero attached hydrogens (tertiary/aromatic N) is 2. The van der Waals surface area contributed by atoms with E-state index >= 15 is 0 Å². The minimum Gasteiger partial charge on any atom is -0.311 e. The van der Waals surface area contributed by atoms with Crippen LogP contribution in [0.5, 0.6) is 0 Å². The molecule has 0 aromatic carbocycles. The Bertz CT molecular complexity index is 375. The third-order valence-electron chi connectivity index (χ3n) is 4.56. The number of hydrogen-bond acceptors (Lipinski definition) is 2. The van der Waals surface area contributed by atoms with Crippen molar-refractivity contribution in [2.24, 2.45) is 18.9 Å². The fraction of sp³-hybridized carbons (Fsp3) is 0.812. The molecule has 3 heteroatoms. The highest BCUT2D eigenvalue weighted by Crippen LogP contribution is 2.29. The Morgan fingerprint density at radius 2 is 2.05 bits per heavy atom. The predicted molar refractivity (Wildman–Crippen MR) is 80.0 cm³/mol. The lowest BCUT2D eigenvalue weighted by Crippen LogP contribution is -2.21. The molecule has 1 saturated carbocycles. The van der Waals surface area contributed by atoms with Gasteiger partial charge in [-0.05, 0) is 37.3 Å². The SMILES string of the molecule is CCc1cc(CNCCC2CCC(C)CC2)n(C)n1. The van der Waals surface area contributed by atoms with Crippen molar-refractivity contribution in [2.75, 3.05) is 6.54 Å². The quantitative estimate of drug-likeness (QED) is 0.798. The van der Waals surface area contributed by atoms with Crippen molar-refractivity contribution < 1.29 is 0 Å². The van der Waals surface area contributed by atoms with Gasteiger partial charge < -0.3 is 5.32 Å². The van der Waals surface area contributed by atoms with Crippen LogP contribution in [0, 0.1) is 11.8 Å². The van der Waals surface area contributed by atoms with Crippen LogP contribution in [0.15, 0.2) is 6.07 Å². The Morgan fingerprint density at radius 1 is 1.32 bits per heavy atom. The molecule has 1 aromatic heterocycles. The summed E-state index contributed by atoms with van der Waals surface area (Å²) in [5.41, 5.74) is 2.50. The highest BCUT2D eigenvalue weighted by molar-refractivity contribution is 5.09. The molecule has 1 aliphatic carbocycles. The van der Waals surface area contributed by atoms with Gasteiger partial charge in [-0.2, -0.15) is 5.10 Å². The molecule has 0 atom stereocenters. The summed E-state index contributed by atoms with van der Waals surface area (Å²) in [7, 11) is 2.04. The van der Waals surface area contributed by atoms with E-state index < -0.39 is 0 Å². The number of aryl methyl sites for hydroxylation is 2. The van der Waals surface area contributed by atoms with Gasteiger partial charge in [0.05, 0.1) is 11.4 Å². The van der Waals surface area contributed by atoms with Crippen LogP contribution in [-0.2, 0) is 20.0 Å². The molecule has 1 aromatic rings. The molecule has 108 valence electrons. The molecule has 0 radical (unpaired) electrons. The third-order valence-corrected chi connectivity index (χ3v) is 4.56. The van der Waals surface area contributed by atoms with E-state index in [4.69, 9.17) is 0 Å². The van der Waals surface area contributed by atoms with Crippen molar-refractivity contribution in [1.29, 1.82) is 0 Å². The Hall–Kier alpha value is -0.830. The molecule has 0 amide bonds. The molecule has 1 fully saturated rings. The Balaban J connectivity index is 1.65. The summed E-state index contributed by atoms with van der Waals surface area (Å²) < 4.78 is 2.01. The summed E-state index contributed by atoms with van der Waals surface area (Å²) in [5, 5.41) is 8.06. The summed E-state index contributed by atoms with van der Waals surface area (Å²) in [6.07, 6.45) is 8.11.